The van der Waals surface area contributed by atoms with Crippen molar-refractivity contribution in [3.05, 3.63) is 72.4 Å². The van der Waals surface area contributed by atoms with Gasteiger partial charge in [0, 0.05) is 51.1 Å². The van der Waals surface area contributed by atoms with Crippen LogP contribution in [0, 0.1) is 0 Å². The summed E-state index contributed by atoms with van der Waals surface area (Å²) in [6.07, 6.45) is 9.91. The van der Waals surface area contributed by atoms with Gasteiger partial charge in [-0.25, -0.2) is 4.98 Å². The molecule has 6 heteroatoms. The molecule has 0 unspecified atom stereocenters. The van der Waals surface area contributed by atoms with Crippen LogP contribution in [0.2, 0.25) is 0 Å². The Morgan fingerprint density at radius 3 is 2.25 bits per heavy atom. The molecule has 24 heavy (non-hydrogen) atoms. The summed E-state index contributed by atoms with van der Waals surface area (Å²) in [5.74, 6) is 1.52. The van der Waals surface area contributed by atoms with Gasteiger partial charge in [-0.3, -0.25) is 9.97 Å². The molecule has 0 atom stereocenters. The maximum Gasteiger partial charge on any atom is 0.226 e. The molecule has 3 rings (SSSR count). The monoisotopic (exact) mass is 320 g/mol. The summed E-state index contributed by atoms with van der Waals surface area (Å²) in [6, 6.07) is 9.90. The molecule has 6 nitrogen and oxygen atoms in total. The molecule has 0 saturated carbocycles. The second-order valence-corrected chi connectivity index (χ2v) is 5.48. The van der Waals surface area contributed by atoms with E-state index in [-0.39, 0.29) is 0 Å². The van der Waals surface area contributed by atoms with Crippen molar-refractivity contribution in [1.29, 1.82) is 0 Å². The van der Waals surface area contributed by atoms with Gasteiger partial charge in [0.25, 0.3) is 0 Å². The summed E-state index contributed by atoms with van der Waals surface area (Å²) in [6.45, 7) is 1.55. The first-order valence-corrected chi connectivity index (χ1v) is 7.87. The van der Waals surface area contributed by atoms with Gasteiger partial charge in [-0.2, -0.15) is 4.98 Å². The van der Waals surface area contributed by atoms with Crippen molar-refractivity contribution < 1.29 is 0 Å². The van der Waals surface area contributed by atoms with Crippen LogP contribution in [0.5, 0.6) is 0 Å². The molecule has 1 N–H and O–H groups in total. The van der Waals surface area contributed by atoms with E-state index in [1.165, 1.54) is 5.56 Å². The SMILES string of the molecule is CN(CCc1ccncc1)c1nccc(NCc2ccncc2)n1. The van der Waals surface area contributed by atoms with Crippen LogP contribution in [0.25, 0.3) is 0 Å². The summed E-state index contributed by atoms with van der Waals surface area (Å²) < 4.78 is 0. The van der Waals surface area contributed by atoms with Crippen LogP contribution in [-0.2, 0) is 13.0 Å². The Labute approximate surface area is 141 Å². The van der Waals surface area contributed by atoms with Gasteiger partial charge in [0.15, 0.2) is 0 Å². The zero-order valence-corrected chi connectivity index (χ0v) is 13.6. The molecular weight excluding hydrogens is 300 g/mol. The van der Waals surface area contributed by atoms with E-state index in [1.807, 2.05) is 49.8 Å². The number of anilines is 2. The number of aromatic nitrogens is 4. The van der Waals surface area contributed by atoms with Crippen molar-refractivity contribution in [2.75, 3.05) is 23.8 Å². The Bertz CT molecular complexity index is 748. The number of hydrogen-bond donors (Lipinski definition) is 1. The molecule has 0 aliphatic heterocycles. The molecule has 0 bridgehead atoms. The van der Waals surface area contributed by atoms with E-state index in [2.05, 4.69) is 30.2 Å². The fourth-order valence-corrected chi connectivity index (χ4v) is 2.27. The number of hydrogen-bond acceptors (Lipinski definition) is 6. The first-order valence-electron chi connectivity index (χ1n) is 7.87. The molecule has 3 heterocycles. The maximum absolute atomic E-state index is 4.58. The number of pyridine rings is 2. The fraction of sp³-hybridized carbons (Fsp3) is 0.222. The van der Waals surface area contributed by atoms with Crippen LogP contribution < -0.4 is 10.2 Å². The third-order valence-electron chi connectivity index (χ3n) is 3.69. The van der Waals surface area contributed by atoms with E-state index in [0.717, 1.165) is 24.3 Å². The third kappa shape index (κ3) is 4.49. The molecule has 0 aliphatic carbocycles. The average Bonchev–Trinajstić information content (AvgIpc) is 2.66. The minimum Gasteiger partial charge on any atom is -0.366 e. The van der Waals surface area contributed by atoms with Crippen molar-refractivity contribution in [3.63, 3.8) is 0 Å². The molecule has 0 spiro atoms. The molecule has 3 aromatic heterocycles. The molecule has 0 radical (unpaired) electrons. The average molecular weight is 320 g/mol. The molecule has 0 amide bonds. The Balaban J connectivity index is 1.57. The predicted octanol–water partition coefficient (Wildman–Crippen LogP) is 2.56. The smallest absolute Gasteiger partial charge is 0.226 e. The second kappa shape index (κ2) is 8.01. The van der Waals surface area contributed by atoms with Crippen molar-refractivity contribution in [2.24, 2.45) is 0 Å². The van der Waals surface area contributed by atoms with Crippen molar-refractivity contribution in [3.8, 4) is 0 Å². The molecule has 0 saturated heterocycles. The number of likely N-dealkylation sites (N-methyl/N-ethyl adjacent to an activating group) is 1. The van der Waals surface area contributed by atoms with Gasteiger partial charge in [0.1, 0.15) is 5.82 Å². The maximum atomic E-state index is 4.58. The zero-order valence-electron chi connectivity index (χ0n) is 13.6. The van der Waals surface area contributed by atoms with Crippen LogP contribution in [-0.4, -0.2) is 33.5 Å². The Kier molecular flexibility index (Phi) is 5.29. The van der Waals surface area contributed by atoms with Gasteiger partial charge in [-0.1, -0.05) is 0 Å². The predicted molar refractivity (Wildman–Crippen MR) is 94.8 cm³/mol. The lowest BCUT2D eigenvalue weighted by molar-refractivity contribution is 0.836. The number of rotatable bonds is 7. The lowest BCUT2D eigenvalue weighted by Crippen LogP contribution is -2.22. The molecule has 0 aliphatic rings. The van der Waals surface area contributed by atoms with Crippen molar-refractivity contribution in [1.82, 2.24) is 19.9 Å². The number of nitrogens with zero attached hydrogens (tertiary/aromatic N) is 5. The van der Waals surface area contributed by atoms with E-state index in [1.54, 1.807) is 18.6 Å². The van der Waals surface area contributed by atoms with Gasteiger partial charge in [0.2, 0.25) is 5.95 Å². The van der Waals surface area contributed by atoms with Gasteiger partial charge in [-0.15, -0.1) is 0 Å². The lowest BCUT2D eigenvalue weighted by Gasteiger charge is -2.17. The van der Waals surface area contributed by atoms with Gasteiger partial charge < -0.3 is 10.2 Å². The highest BCUT2D eigenvalue weighted by Crippen LogP contribution is 2.11. The van der Waals surface area contributed by atoms with Gasteiger partial charge >= 0.3 is 0 Å². The molecule has 122 valence electrons. The highest BCUT2D eigenvalue weighted by atomic mass is 15.2. The van der Waals surface area contributed by atoms with Crippen LogP contribution in [0.3, 0.4) is 0 Å². The Morgan fingerprint density at radius 1 is 0.875 bits per heavy atom. The van der Waals surface area contributed by atoms with Crippen LogP contribution in [0.1, 0.15) is 11.1 Å². The minimum atomic E-state index is 0.708. The van der Waals surface area contributed by atoms with Crippen LogP contribution in [0.15, 0.2) is 61.3 Å². The summed E-state index contributed by atoms with van der Waals surface area (Å²) in [5, 5.41) is 3.32. The largest absolute Gasteiger partial charge is 0.366 e. The molecule has 0 aromatic carbocycles. The fourth-order valence-electron chi connectivity index (χ4n) is 2.27. The summed E-state index contributed by atoms with van der Waals surface area (Å²) in [7, 11) is 2.00. The number of nitrogens with one attached hydrogen (secondary N) is 1. The molecule has 3 aromatic rings. The highest BCUT2D eigenvalue weighted by molar-refractivity contribution is 5.41. The first kappa shape index (κ1) is 15.9. The standard InChI is InChI=1S/C18H20N6/c1-24(13-7-15-2-8-19-9-3-15)18-21-12-6-17(23-18)22-14-16-4-10-20-11-5-16/h2-6,8-12H,7,13-14H2,1H3,(H,21,22,23). The summed E-state index contributed by atoms with van der Waals surface area (Å²) in [5.41, 5.74) is 2.42. The topological polar surface area (TPSA) is 66.8 Å². The second-order valence-electron chi connectivity index (χ2n) is 5.48. The van der Waals surface area contributed by atoms with Crippen LogP contribution in [0.4, 0.5) is 11.8 Å². The zero-order chi connectivity index (χ0) is 16.6. The third-order valence-corrected chi connectivity index (χ3v) is 3.69. The van der Waals surface area contributed by atoms with E-state index < -0.39 is 0 Å². The van der Waals surface area contributed by atoms with E-state index in [0.29, 0.717) is 12.5 Å². The lowest BCUT2D eigenvalue weighted by atomic mass is 10.2. The minimum absolute atomic E-state index is 0.708. The van der Waals surface area contributed by atoms with E-state index >= 15 is 0 Å². The van der Waals surface area contributed by atoms with Gasteiger partial charge in [0.05, 0.1) is 0 Å². The van der Waals surface area contributed by atoms with E-state index in [4.69, 9.17) is 0 Å². The first-order chi connectivity index (χ1) is 11.8. The Hall–Kier alpha value is -3.02. The van der Waals surface area contributed by atoms with Crippen molar-refractivity contribution in [2.45, 2.75) is 13.0 Å². The summed E-state index contributed by atoms with van der Waals surface area (Å²) in [4.78, 5) is 19.0. The van der Waals surface area contributed by atoms with Crippen LogP contribution >= 0.6 is 0 Å². The van der Waals surface area contributed by atoms with Gasteiger partial charge in [-0.05, 0) is 47.9 Å². The quantitative estimate of drug-likeness (QED) is 0.722. The summed E-state index contributed by atoms with van der Waals surface area (Å²) >= 11 is 0. The normalized spacial score (nSPS) is 10.4. The Morgan fingerprint density at radius 2 is 1.54 bits per heavy atom. The molecule has 0 fully saturated rings. The van der Waals surface area contributed by atoms with Crippen molar-refractivity contribution >= 4 is 11.8 Å². The highest BCUT2D eigenvalue weighted by Gasteiger charge is 2.06. The molecular formula is C18H20N6. The van der Waals surface area contributed by atoms with E-state index in [9.17, 15) is 0 Å².